The number of rotatable bonds is 7. The van der Waals surface area contributed by atoms with Gasteiger partial charge >= 0.3 is 0 Å². The van der Waals surface area contributed by atoms with Crippen molar-refractivity contribution < 1.29 is 23.6 Å². The molecule has 0 aliphatic rings. The minimum Gasteiger partial charge on any atom is -0.484 e. The standard InChI is InChI=1S/C21H16FN3O5/c22-15-4-6-16(7-5-15)24-21(27)14-2-1-3-17(12-14)23-20(26)13-30-19-10-8-18(9-11-19)25(28)29/h1-12H,13H2,(H,23,26)(H,24,27). The largest absolute Gasteiger partial charge is 0.484 e. The minimum atomic E-state index is -0.532. The quantitative estimate of drug-likeness (QED) is 0.453. The second-order valence-electron chi connectivity index (χ2n) is 6.13. The number of hydrogen-bond acceptors (Lipinski definition) is 5. The summed E-state index contributed by atoms with van der Waals surface area (Å²) in [5, 5.41) is 15.9. The van der Waals surface area contributed by atoms with Crippen molar-refractivity contribution in [2.45, 2.75) is 0 Å². The third-order valence-electron chi connectivity index (χ3n) is 3.93. The first-order chi connectivity index (χ1) is 14.4. The SMILES string of the molecule is O=C(COc1ccc([N+](=O)[O-])cc1)Nc1cccc(C(=O)Nc2ccc(F)cc2)c1. The number of nitrogens with zero attached hydrogens (tertiary/aromatic N) is 1. The van der Waals surface area contributed by atoms with Crippen molar-refractivity contribution in [1.29, 1.82) is 0 Å². The summed E-state index contributed by atoms with van der Waals surface area (Å²) < 4.78 is 18.2. The number of amides is 2. The maximum atomic E-state index is 13.0. The predicted octanol–water partition coefficient (Wildman–Crippen LogP) is 4.00. The maximum absolute atomic E-state index is 13.0. The highest BCUT2D eigenvalue weighted by Crippen LogP contribution is 2.18. The van der Waals surface area contributed by atoms with Gasteiger partial charge in [0.1, 0.15) is 11.6 Å². The van der Waals surface area contributed by atoms with E-state index in [0.29, 0.717) is 22.7 Å². The van der Waals surface area contributed by atoms with E-state index in [1.54, 1.807) is 18.2 Å². The van der Waals surface area contributed by atoms with E-state index in [2.05, 4.69) is 10.6 Å². The Kier molecular flexibility index (Phi) is 6.33. The molecule has 0 saturated carbocycles. The number of nitro benzene ring substituents is 1. The zero-order chi connectivity index (χ0) is 21.5. The molecule has 3 aromatic carbocycles. The summed E-state index contributed by atoms with van der Waals surface area (Å²) in [6.07, 6.45) is 0. The van der Waals surface area contributed by atoms with Crippen LogP contribution in [-0.4, -0.2) is 23.3 Å². The molecule has 0 saturated heterocycles. The number of non-ortho nitro benzene ring substituents is 1. The van der Waals surface area contributed by atoms with Gasteiger partial charge in [-0.2, -0.15) is 0 Å². The molecule has 152 valence electrons. The molecule has 2 N–H and O–H groups in total. The van der Waals surface area contributed by atoms with E-state index in [-0.39, 0.29) is 12.3 Å². The van der Waals surface area contributed by atoms with Crippen LogP contribution in [0.25, 0.3) is 0 Å². The number of anilines is 2. The van der Waals surface area contributed by atoms with Gasteiger partial charge in [0.25, 0.3) is 17.5 Å². The van der Waals surface area contributed by atoms with Gasteiger partial charge in [-0.3, -0.25) is 19.7 Å². The summed E-state index contributed by atoms with van der Waals surface area (Å²) in [6, 6.07) is 17.0. The number of nitro groups is 1. The molecule has 0 unspecified atom stereocenters. The lowest BCUT2D eigenvalue weighted by Crippen LogP contribution is -2.20. The lowest BCUT2D eigenvalue weighted by molar-refractivity contribution is -0.384. The molecule has 9 heteroatoms. The molecule has 8 nitrogen and oxygen atoms in total. The molecule has 0 spiro atoms. The van der Waals surface area contributed by atoms with Crippen LogP contribution < -0.4 is 15.4 Å². The topological polar surface area (TPSA) is 111 Å². The smallest absolute Gasteiger partial charge is 0.269 e. The Morgan fingerprint density at radius 2 is 1.63 bits per heavy atom. The van der Waals surface area contributed by atoms with Gasteiger partial charge in [-0.05, 0) is 54.6 Å². The second kappa shape index (κ2) is 9.28. The first kappa shape index (κ1) is 20.5. The van der Waals surface area contributed by atoms with Gasteiger partial charge in [0.15, 0.2) is 6.61 Å². The minimum absolute atomic E-state index is 0.0810. The number of carbonyl (C=O) groups is 2. The molecule has 0 heterocycles. The molecule has 0 aliphatic heterocycles. The number of benzene rings is 3. The molecule has 0 aromatic heterocycles. The Morgan fingerprint density at radius 3 is 2.30 bits per heavy atom. The van der Waals surface area contributed by atoms with E-state index in [1.165, 1.54) is 54.6 Å². The van der Waals surface area contributed by atoms with Crippen LogP contribution in [0.1, 0.15) is 10.4 Å². The summed E-state index contributed by atoms with van der Waals surface area (Å²) in [7, 11) is 0. The van der Waals surface area contributed by atoms with E-state index < -0.39 is 22.6 Å². The third kappa shape index (κ3) is 5.61. The van der Waals surface area contributed by atoms with Crippen molar-refractivity contribution in [3.63, 3.8) is 0 Å². The molecular weight excluding hydrogens is 393 g/mol. The van der Waals surface area contributed by atoms with Crippen molar-refractivity contribution in [3.05, 3.63) is 94.3 Å². The molecule has 3 rings (SSSR count). The Labute approximate surface area is 170 Å². The van der Waals surface area contributed by atoms with Crippen molar-refractivity contribution in [2.24, 2.45) is 0 Å². The zero-order valence-electron chi connectivity index (χ0n) is 15.5. The highest BCUT2D eigenvalue weighted by molar-refractivity contribution is 6.05. The fraction of sp³-hybridized carbons (Fsp3) is 0.0476. The predicted molar refractivity (Wildman–Crippen MR) is 108 cm³/mol. The van der Waals surface area contributed by atoms with Crippen LogP contribution in [0.3, 0.4) is 0 Å². The van der Waals surface area contributed by atoms with E-state index in [9.17, 15) is 24.1 Å². The Bertz CT molecular complexity index is 1070. The zero-order valence-corrected chi connectivity index (χ0v) is 15.5. The summed E-state index contributed by atoms with van der Waals surface area (Å²) in [5.74, 6) is -0.985. The van der Waals surface area contributed by atoms with Crippen molar-refractivity contribution in [2.75, 3.05) is 17.2 Å². The fourth-order valence-electron chi connectivity index (χ4n) is 2.48. The lowest BCUT2D eigenvalue weighted by atomic mass is 10.2. The van der Waals surface area contributed by atoms with Crippen LogP contribution in [-0.2, 0) is 4.79 Å². The van der Waals surface area contributed by atoms with E-state index in [1.807, 2.05) is 0 Å². The Morgan fingerprint density at radius 1 is 0.933 bits per heavy atom. The maximum Gasteiger partial charge on any atom is 0.269 e. The molecule has 0 aliphatic carbocycles. The van der Waals surface area contributed by atoms with Crippen LogP contribution in [0.4, 0.5) is 21.5 Å². The monoisotopic (exact) mass is 409 g/mol. The van der Waals surface area contributed by atoms with Gasteiger partial charge < -0.3 is 15.4 Å². The van der Waals surface area contributed by atoms with Gasteiger partial charge in [0, 0.05) is 29.1 Å². The number of ether oxygens (including phenoxy) is 1. The third-order valence-corrected chi connectivity index (χ3v) is 3.93. The molecule has 0 fully saturated rings. The van der Waals surface area contributed by atoms with Crippen LogP contribution in [0.5, 0.6) is 5.75 Å². The highest BCUT2D eigenvalue weighted by Gasteiger charge is 2.10. The first-order valence-corrected chi connectivity index (χ1v) is 8.75. The van der Waals surface area contributed by atoms with Gasteiger partial charge in [0.2, 0.25) is 0 Å². The molecule has 3 aromatic rings. The van der Waals surface area contributed by atoms with Crippen molar-refractivity contribution >= 4 is 28.9 Å². The highest BCUT2D eigenvalue weighted by atomic mass is 19.1. The molecule has 0 radical (unpaired) electrons. The van der Waals surface area contributed by atoms with E-state index >= 15 is 0 Å². The normalized spacial score (nSPS) is 10.2. The molecule has 2 amide bonds. The van der Waals surface area contributed by atoms with Gasteiger partial charge in [-0.15, -0.1) is 0 Å². The van der Waals surface area contributed by atoms with Crippen LogP contribution in [0, 0.1) is 15.9 Å². The van der Waals surface area contributed by atoms with Crippen LogP contribution in [0.2, 0.25) is 0 Å². The molecular formula is C21H16FN3O5. The summed E-state index contributed by atoms with van der Waals surface area (Å²) in [4.78, 5) is 34.5. The van der Waals surface area contributed by atoms with Crippen molar-refractivity contribution in [3.8, 4) is 5.75 Å². The summed E-state index contributed by atoms with van der Waals surface area (Å²) in [5.41, 5.74) is 1.04. The van der Waals surface area contributed by atoms with Gasteiger partial charge in [-0.25, -0.2) is 4.39 Å². The Hall–Kier alpha value is -4.27. The van der Waals surface area contributed by atoms with Gasteiger partial charge in [-0.1, -0.05) is 6.07 Å². The molecule has 0 atom stereocenters. The number of hydrogen-bond donors (Lipinski definition) is 2. The average Bonchev–Trinajstić information content (AvgIpc) is 2.74. The molecule has 0 bridgehead atoms. The number of nitrogens with one attached hydrogen (secondary N) is 2. The summed E-state index contributed by atoms with van der Waals surface area (Å²) in [6.45, 7) is -0.316. The Balaban J connectivity index is 1.56. The van der Waals surface area contributed by atoms with Crippen LogP contribution in [0.15, 0.2) is 72.8 Å². The van der Waals surface area contributed by atoms with E-state index in [4.69, 9.17) is 4.74 Å². The number of halogens is 1. The number of carbonyl (C=O) groups excluding carboxylic acids is 2. The second-order valence-corrected chi connectivity index (χ2v) is 6.13. The van der Waals surface area contributed by atoms with Gasteiger partial charge in [0.05, 0.1) is 4.92 Å². The van der Waals surface area contributed by atoms with Crippen LogP contribution >= 0.6 is 0 Å². The first-order valence-electron chi connectivity index (χ1n) is 8.75. The van der Waals surface area contributed by atoms with E-state index in [0.717, 1.165) is 0 Å². The lowest BCUT2D eigenvalue weighted by Gasteiger charge is -2.09. The molecule has 30 heavy (non-hydrogen) atoms. The van der Waals surface area contributed by atoms with Crippen molar-refractivity contribution in [1.82, 2.24) is 0 Å². The average molecular weight is 409 g/mol. The fourth-order valence-corrected chi connectivity index (χ4v) is 2.48. The summed E-state index contributed by atoms with van der Waals surface area (Å²) >= 11 is 0.